The highest BCUT2D eigenvalue weighted by Crippen LogP contribution is 2.24. The SMILES string of the molecule is CCNc1ncc(C)c(-c2cccc(Cl)c2)n1. The second kappa shape index (κ2) is 5.15. The number of nitrogens with zero attached hydrogens (tertiary/aromatic N) is 2. The molecule has 1 aromatic carbocycles. The number of anilines is 1. The van der Waals surface area contributed by atoms with Gasteiger partial charge in [-0.25, -0.2) is 9.97 Å². The normalized spacial score (nSPS) is 10.3. The number of benzene rings is 1. The van der Waals surface area contributed by atoms with E-state index in [1.807, 2.05) is 44.3 Å². The summed E-state index contributed by atoms with van der Waals surface area (Å²) in [6.45, 7) is 4.81. The summed E-state index contributed by atoms with van der Waals surface area (Å²) in [5.74, 6) is 0.646. The Labute approximate surface area is 106 Å². The minimum atomic E-state index is 0.646. The van der Waals surface area contributed by atoms with Gasteiger partial charge in [0.15, 0.2) is 0 Å². The van der Waals surface area contributed by atoms with Gasteiger partial charge in [-0.2, -0.15) is 0 Å². The van der Waals surface area contributed by atoms with Crippen LogP contribution in [0.1, 0.15) is 12.5 Å². The van der Waals surface area contributed by atoms with Crippen molar-refractivity contribution in [3.63, 3.8) is 0 Å². The molecule has 0 aliphatic heterocycles. The summed E-state index contributed by atoms with van der Waals surface area (Å²) < 4.78 is 0. The Kier molecular flexibility index (Phi) is 3.59. The Balaban J connectivity index is 2.46. The van der Waals surface area contributed by atoms with Crippen molar-refractivity contribution in [2.45, 2.75) is 13.8 Å². The van der Waals surface area contributed by atoms with Gasteiger partial charge in [-0.3, -0.25) is 0 Å². The fourth-order valence-corrected chi connectivity index (χ4v) is 1.80. The summed E-state index contributed by atoms with van der Waals surface area (Å²) in [5.41, 5.74) is 2.96. The van der Waals surface area contributed by atoms with E-state index in [0.717, 1.165) is 23.4 Å². The van der Waals surface area contributed by atoms with Gasteiger partial charge in [0.05, 0.1) is 5.69 Å². The maximum absolute atomic E-state index is 5.99. The molecular weight excluding hydrogens is 234 g/mol. The van der Waals surface area contributed by atoms with Crippen molar-refractivity contribution in [2.75, 3.05) is 11.9 Å². The summed E-state index contributed by atoms with van der Waals surface area (Å²) >= 11 is 5.99. The third-order valence-corrected chi connectivity index (χ3v) is 2.64. The summed E-state index contributed by atoms with van der Waals surface area (Å²) in [4.78, 5) is 8.71. The maximum atomic E-state index is 5.99. The Morgan fingerprint density at radius 3 is 2.88 bits per heavy atom. The van der Waals surface area contributed by atoms with E-state index < -0.39 is 0 Å². The van der Waals surface area contributed by atoms with Crippen LogP contribution in [-0.2, 0) is 0 Å². The molecule has 0 saturated carbocycles. The zero-order valence-corrected chi connectivity index (χ0v) is 10.6. The van der Waals surface area contributed by atoms with Crippen molar-refractivity contribution < 1.29 is 0 Å². The quantitative estimate of drug-likeness (QED) is 0.902. The predicted molar refractivity (Wildman–Crippen MR) is 71.4 cm³/mol. The third kappa shape index (κ3) is 2.74. The van der Waals surface area contributed by atoms with Crippen molar-refractivity contribution in [1.82, 2.24) is 9.97 Å². The summed E-state index contributed by atoms with van der Waals surface area (Å²) in [7, 11) is 0. The molecule has 88 valence electrons. The van der Waals surface area contributed by atoms with E-state index >= 15 is 0 Å². The molecule has 2 rings (SSSR count). The van der Waals surface area contributed by atoms with Gasteiger partial charge >= 0.3 is 0 Å². The number of aryl methyl sites for hydroxylation is 1. The molecule has 0 saturated heterocycles. The molecule has 0 atom stereocenters. The van der Waals surface area contributed by atoms with Crippen LogP contribution in [-0.4, -0.2) is 16.5 Å². The zero-order chi connectivity index (χ0) is 12.3. The molecular formula is C13H14ClN3. The van der Waals surface area contributed by atoms with Gasteiger partial charge in [0.2, 0.25) is 5.95 Å². The van der Waals surface area contributed by atoms with Gasteiger partial charge in [-0.1, -0.05) is 23.7 Å². The lowest BCUT2D eigenvalue weighted by Gasteiger charge is -2.08. The van der Waals surface area contributed by atoms with Crippen molar-refractivity contribution >= 4 is 17.5 Å². The van der Waals surface area contributed by atoms with Gasteiger partial charge in [-0.05, 0) is 31.5 Å². The van der Waals surface area contributed by atoms with Gasteiger partial charge in [0.25, 0.3) is 0 Å². The van der Waals surface area contributed by atoms with Gasteiger partial charge in [0.1, 0.15) is 0 Å². The summed E-state index contributed by atoms with van der Waals surface area (Å²) in [6.07, 6.45) is 1.82. The van der Waals surface area contributed by atoms with Gasteiger partial charge in [0, 0.05) is 23.3 Å². The molecule has 17 heavy (non-hydrogen) atoms. The molecule has 0 aliphatic carbocycles. The molecule has 0 unspecified atom stereocenters. The van der Waals surface area contributed by atoms with Crippen LogP contribution >= 0.6 is 11.6 Å². The number of halogens is 1. The fraction of sp³-hybridized carbons (Fsp3) is 0.231. The Hall–Kier alpha value is -1.61. The minimum Gasteiger partial charge on any atom is -0.354 e. The van der Waals surface area contributed by atoms with E-state index in [-0.39, 0.29) is 0 Å². The highest BCUT2D eigenvalue weighted by atomic mass is 35.5. The Morgan fingerprint density at radius 1 is 1.35 bits per heavy atom. The van der Waals surface area contributed by atoms with Crippen LogP contribution in [0.5, 0.6) is 0 Å². The first-order valence-corrected chi connectivity index (χ1v) is 5.92. The molecule has 0 spiro atoms. The molecule has 3 nitrogen and oxygen atoms in total. The molecule has 2 aromatic rings. The third-order valence-electron chi connectivity index (χ3n) is 2.40. The molecule has 1 aromatic heterocycles. The molecule has 0 amide bonds. The molecule has 0 fully saturated rings. The number of aromatic nitrogens is 2. The largest absolute Gasteiger partial charge is 0.354 e. The molecule has 1 heterocycles. The lowest BCUT2D eigenvalue weighted by atomic mass is 10.1. The highest BCUT2D eigenvalue weighted by Gasteiger charge is 2.06. The molecule has 0 radical (unpaired) electrons. The van der Waals surface area contributed by atoms with Gasteiger partial charge < -0.3 is 5.32 Å². The van der Waals surface area contributed by atoms with Crippen LogP contribution < -0.4 is 5.32 Å². The second-order valence-electron chi connectivity index (χ2n) is 3.77. The van der Waals surface area contributed by atoms with E-state index in [4.69, 9.17) is 11.6 Å². The van der Waals surface area contributed by atoms with Crippen LogP contribution in [0.25, 0.3) is 11.3 Å². The van der Waals surface area contributed by atoms with Crippen molar-refractivity contribution in [3.8, 4) is 11.3 Å². The number of rotatable bonds is 3. The Bertz CT molecular complexity index is 526. The van der Waals surface area contributed by atoms with E-state index in [1.54, 1.807) is 0 Å². The molecule has 1 N–H and O–H groups in total. The average molecular weight is 248 g/mol. The van der Waals surface area contributed by atoms with Crippen LogP contribution in [0.2, 0.25) is 5.02 Å². The van der Waals surface area contributed by atoms with Gasteiger partial charge in [-0.15, -0.1) is 0 Å². The van der Waals surface area contributed by atoms with Crippen molar-refractivity contribution in [1.29, 1.82) is 0 Å². The second-order valence-corrected chi connectivity index (χ2v) is 4.20. The number of nitrogens with one attached hydrogen (secondary N) is 1. The monoisotopic (exact) mass is 247 g/mol. The van der Waals surface area contributed by atoms with E-state index in [1.165, 1.54) is 0 Å². The van der Waals surface area contributed by atoms with Crippen molar-refractivity contribution in [2.24, 2.45) is 0 Å². The molecule has 4 heteroatoms. The van der Waals surface area contributed by atoms with Crippen LogP contribution in [0.3, 0.4) is 0 Å². The first-order chi connectivity index (χ1) is 8.20. The van der Waals surface area contributed by atoms with Crippen LogP contribution in [0.4, 0.5) is 5.95 Å². The highest BCUT2D eigenvalue weighted by molar-refractivity contribution is 6.30. The van der Waals surface area contributed by atoms with Crippen molar-refractivity contribution in [3.05, 3.63) is 41.0 Å². The zero-order valence-electron chi connectivity index (χ0n) is 9.87. The molecule has 0 bridgehead atoms. The fourth-order valence-electron chi connectivity index (χ4n) is 1.61. The lowest BCUT2D eigenvalue weighted by molar-refractivity contribution is 1.07. The first kappa shape index (κ1) is 11.9. The van der Waals surface area contributed by atoms with E-state index in [9.17, 15) is 0 Å². The number of hydrogen-bond donors (Lipinski definition) is 1. The van der Waals surface area contributed by atoms with E-state index in [2.05, 4.69) is 15.3 Å². The lowest BCUT2D eigenvalue weighted by Crippen LogP contribution is -2.03. The maximum Gasteiger partial charge on any atom is 0.223 e. The number of hydrogen-bond acceptors (Lipinski definition) is 3. The first-order valence-electron chi connectivity index (χ1n) is 5.54. The van der Waals surface area contributed by atoms with Crippen LogP contribution in [0, 0.1) is 6.92 Å². The Morgan fingerprint density at radius 2 is 2.18 bits per heavy atom. The topological polar surface area (TPSA) is 37.8 Å². The summed E-state index contributed by atoms with van der Waals surface area (Å²) in [6, 6.07) is 7.68. The predicted octanol–water partition coefficient (Wildman–Crippen LogP) is 3.54. The average Bonchev–Trinajstić information content (AvgIpc) is 2.32. The standard InChI is InChI=1S/C13H14ClN3/c1-3-15-13-16-8-9(2)12(17-13)10-5-4-6-11(14)7-10/h4-8H,3H2,1-2H3,(H,15,16,17). The van der Waals surface area contributed by atoms with E-state index in [0.29, 0.717) is 11.0 Å². The van der Waals surface area contributed by atoms with Crippen LogP contribution in [0.15, 0.2) is 30.5 Å². The minimum absolute atomic E-state index is 0.646. The smallest absolute Gasteiger partial charge is 0.223 e. The summed E-state index contributed by atoms with van der Waals surface area (Å²) in [5, 5.41) is 3.82. The molecule has 0 aliphatic rings.